The summed E-state index contributed by atoms with van der Waals surface area (Å²) in [5.74, 6) is 0.638. The second-order valence-electron chi connectivity index (χ2n) is 6.81. The third-order valence-electron chi connectivity index (χ3n) is 4.91. The Labute approximate surface area is 158 Å². The molecule has 1 aliphatic rings. The molecule has 2 heterocycles. The standard InChI is InChI=1S/C21H23N5O/c1-16-23-19-6-2-3-7-20(19)26(16)15-21(27)24-22-14-17-8-10-18(11-9-17)25-12-4-5-13-25/h2-3,6-11,14H,4-5,12-13,15H2,1H3,(H,24,27)/b22-14+. The van der Waals surface area contributed by atoms with Gasteiger partial charge in [-0.2, -0.15) is 5.10 Å². The highest BCUT2D eigenvalue weighted by molar-refractivity contribution is 5.84. The number of imidazole rings is 1. The molecule has 2 aromatic carbocycles. The van der Waals surface area contributed by atoms with E-state index in [0.717, 1.165) is 35.5 Å². The zero-order valence-corrected chi connectivity index (χ0v) is 15.4. The zero-order chi connectivity index (χ0) is 18.6. The molecule has 3 aromatic rings. The highest BCUT2D eigenvalue weighted by atomic mass is 16.2. The minimum atomic E-state index is -0.175. The molecule has 1 amide bonds. The summed E-state index contributed by atoms with van der Waals surface area (Å²) < 4.78 is 1.89. The average Bonchev–Trinajstić information content (AvgIpc) is 3.31. The van der Waals surface area contributed by atoms with Crippen LogP contribution in [0.3, 0.4) is 0 Å². The Hall–Kier alpha value is -3.15. The van der Waals surface area contributed by atoms with E-state index in [-0.39, 0.29) is 12.5 Å². The molecule has 6 nitrogen and oxygen atoms in total. The van der Waals surface area contributed by atoms with E-state index in [9.17, 15) is 4.79 Å². The molecule has 138 valence electrons. The van der Waals surface area contributed by atoms with Crippen molar-refractivity contribution in [2.24, 2.45) is 5.10 Å². The van der Waals surface area contributed by atoms with Crippen LogP contribution in [0.15, 0.2) is 53.6 Å². The largest absolute Gasteiger partial charge is 0.372 e. The van der Waals surface area contributed by atoms with E-state index in [1.54, 1.807) is 6.21 Å². The SMILES string of the molecule is Cc1nc2ccccc2n1CC(=O)N/N=C/c1ccc(N2CCCC2)cc1. The van der Waals surface area contributed by atoms with E-state index in [1.165, 1.54) is 18.5 Å². The summed E-state index contributed by atoms with van der Waals surface area (Å²) in [4.78, 5) is 19.1. The van der Waals surface area contributed by atoms with Gasteiger partial charge in [-0.25, -0.2) is 10.4 Å². The fourth-order valence-electron chi connectivity index (χ4n) is 3.50. The molecule has 1 saturated heterocycles. The number of para-hydroxylation sites is 2. The number of aryl methyl sites for hydroxylation is 1. The highest BCUT2D eigenvalue weighted by Crippen LogP contribution is 2.20. The number of hydrazone groups is 1. The summed E-state index contributed by atoms with van der Waals surface area (Å²) in [6.07, 6.45) is 4.20. The van der Waals surface area contributed by atoms with Crippen molar-refractivity contribution in [2.45, 2.75) is 26.3 Å². The lowest BCUT2D eigenvalue weighted by molar-refractivity contribution is -0.121. The number of nitrogens with zero attached hydrogens (tertiary/aromatic N) is 4. The van der Waals surface area contributed by atoms with Crippen molar-refractivity contribution in [1.82, 2.24) is 15.0 Å². The molecule has 1 N–H and O–H groups in total. The number of fused-ring (bicyclic) bond motifs is 1. The molecule has 0 bridgehead atoms. The Morgan fingerprint density at radius 2 is 1.89 bits per heavy atom. The number of aromatic nitrogens is 2. The van der Waals surface area contributed by atoms with Crippen LogP contribution < -0.4 is 10.3 Å². The quantitative estimate of drug-likeness (QED) is 0.561. The van der Waals surface area contributed by atoms with Gasteiger partial charge in [0.25, 0.3) is 5.91 Å². The van der Waals surface area contributed by atoms with Crippen molar-refractivity contribution in [3.63, 3.8) is 0 Å². The molecule has 0 saturated carbocycles. The minimum absolute atomic E-state index is 0.175. The van der Waals surface area contributed by atoms with Gasteiger partial charge in [-0.05, 0) is 49.6 Å². The number of carbonyl (C=O) groups excluding carboxylic acids is 1. The molecule has 1 aromatic heterocycles. The number of hydrogen-bond acceptors (Lipinski definition) is 4. The molecule has 4 rings (SSSR count). The minimum Gasteiger partial charge on any atom is -0.372 e. The van der Waals surface area contributed by atoms with Crippen LogP contribution in [0, 0.1) is 6.92 Å². The van der Waals surface area contributed by atoms with Crippen molar-refractivity contribution in [3.05, 3.63) is 59.9 Å². The predicted molar refractivity (Wildman–Crippen MR) is 108 cm³/mol. The van der Waals surface area contributed by atoms with E-state index in [1.807, 2.05) is 47.9 Å². The lowest BCUT2D eigenvalue weighted by Gasteiger charge is -2.17. The third kappa shape index (κ3) is 3.84. The summed E-state index contributed by atoms with van der Waals surface area (Å²) in [6, 6.07) is 16.1. The molecule has 0 aliphatic carbocycles. The molecule has 6 heteroatoms. The van der Waals surface area contributed by atoms with Crippen LogP contribution in [-0.4, -0.2) is 34.8 Å². The van der Waals surface area contributed by atoms with Crippen LogP contribution >= 0.6 is 0 Å². The number of anilines is 1. The van der Waals surface area contributed by atoms with Crippen LogP contribution in [0.4, 0.5) is 5.69 Å². The first kappa shape index (κ1) is 17.3. The van der Waals surface area contributed by atoms with Gasteiger partial charge in [0.15, 0.2) is 0 Å². The molecular weight excluding hydrogens is 338 g/mol. The van der Waals surface area contributed by atoms with Crippen LogP contribution in [0.25, 0.3) is 11.0 Å². The Kier molecular flexibility index (Phi) is 4.87. The molecule has 0 unspecified atom stereocenters. The summed E-state index contributed by atoms with van der Waals surface area (Å²) in [5.41, 5.74) is 6.65. The second-order valence-corrected chi connectivity index (χ2v) is 6.81. The van der Waals surface area contributed by atoms with Gasteiger partial charge in [-0.15, -0.1) is 0 Å². The Bertz CT molecular complexity index is 968. The number of hydrogen-bond donors (Lipinski definition) is 1. The van der Waals surface area contributed by atoms with E-state index < -0.39 is 0 Å². The topological polar surface area (TPSA) is 62.5 Å². The molecule has 0 atom stereocenters. The van der Waals surface area contributed by atoms with Crippen molar-refractivity contribution in [2.75, 3.05) is 18.0 Å². The molecule has 0 spiro atoms. The maximum absolute atomic E-state index is 12.2. The first-order chi connectivity index (χ1) is 13.2. The van der Waals surface area contributed by atoms with E-state index in [4.69, 9.17) is 0 Å². The number of benzene rings is 2. The Morgan fingerprint density at radius 3 is 2.67 bits per heavy atom. The summed E-state index contributed by atoms with van der Waals surface area (Å²) in [6.45, 7) is 4.35. The van der Waals surface area contributed by atoms with Gasteiger partial charge < -0.3 is 9.47 Å². The van der Waals surface area contributed by atoms with Gasteiger partial charge in [0.05, 0.1) is 17.2 Å². The molecule has 27 heavy (non-hydrogen) atoms. The average molecular weight is 361 g/mol. The van der Waals surface area contributed by atoms with Gasteiger partial charge in [0, 0.05) is 18.8 Å². The lowest BCUT2D eigenvalue weighted by Crippen LogP contribution is -2.23. The molecule has 0 radical (unpaired) electrons. The second kappa shape index (κ2) is 7.61. The van der Waals surface area contributed by atoms with Crippen molar-refractivity contribution in [3.8, 4) is 0 Å². The smallest absolute Gasteiger partial charge is 0.260 e. The number of amides is 1. The van der Waals surface area contributed by atoms with Gasteiger partial charge in [0.2, 0.25) is 0 Å². The van der Waals surface area contributed by atoms with E-state index >= 15 is 0 Å². The molecule has 1 aliphatic heterocycles. The molecular formula is C21H23N5O. The maximum atomic E-state index is 12.2. The maximum Gasteiger partial charge on any atom is 0.260 e. The summed E-state index contributed by atoms with van der Waals surface area (Å²) >= 11 is 0. The van der Waals surface area contributed by atoms with Gasteiger partial charge in [-0.3, -0.25) is 4.79 Å². The van der Waals surface area contributed by atoms with Crippen molar-refractivity contribution < 1.29 is 4.79 Å². The highest BCUT2D eigenvalue weighted by Gasteiger charge is 2.12. The van der Waals surface area contributed by atoms with Crippen molar-refractivity contribution >= 4 is 28.8 Å². The summed E-state index contributed by atoms with van der Waals surface area (Å²) in [5, 5.41) is 4.09. The monoisotopic (exact) mass is 361 g/mol. The number of nitrogens with one attached hydrogen (secondary N) is 1. The fraction of sp³-hybridized carbons (Fsp3) is 0.286. The Morgan fingerprint density at radius 1 is 1.15 bits per heavy atom. The van der Waals surface area contributed by atoms with Crippen molar-refractivity contribution in [1.29, 1.82) is 0 Å². The Balaban J connectivity index is 1.36. The predicted octanol–water partition coefficient (Wildman–Crippen LogP) is 3.10. The van der Waals surface area contributed by atoms with Crippen LogP contribution in [0.1, 0.15) is 24.2 Å². The number of rotatable bonds is 5. The van der Waals surface area contributed by atoms with Crippen LogP contribution in [-0.2, 0) is 11.3 Å². The first-order valence-corrected chi connectivity index (χ1v) is 9.29. The van der Waals surface area contributed by atoms with Crippen LogP contribution in [0.2, 0.25) is 0 Å². The fourth-order valence-corrected chi connectivity index (χ4v) is 3.50. The normalized spacial score (nSPS) is 14.3. The number of carbonyl (C=O) groups is 1. The van der Waals surface area contributed by atoms with Gasteiger partial charge >= 0.3 is 0 Å². The first-order valence-electron chi connectivity index (χ1n) is 9.29. The molecule has 1 fully saturated rings. The lowest BCUT2D eigenvalue weighted by atomic mass is 10.2. The van der Waals surface area contributed by atoms with Gasteiger partial charge in [-0.1, -0.05) is 24.3 Å². The zero-order valence-electron chi connectivity index (χ0n) is 15.4. The van der Waals surface area contributed by atoms with Gasteiger partial charge in [0.1, 0.15) is 12.4 Å². The summed E-state index contributed by atoms with van der Waals surface area (Å²) in [7, 11) is 0. The van der Waals surface area contributed by atoms with Crippen LogP contribution in [0.5, 0.6) is 0 Å². The van der Waals surface area contributed by atoms with E-state index in [0.29, 0.717) is 0 Å². The third-order valence-corrected chi connectivity index (χ3v) is 4.91. The van der Waals surface area contributed by atoms with E-state index in [2.05, 4.69) is 32.5 Å².